The zero-order valence-electron chi connectivity index (χ0n) is 20.2. The number of amides is 2. The lowest BCUT2D eigenvalue weighted by Crippen LogP contribution is -2.50. The number of thioether (sulfide) groups is 1. The highest BCUT2D eigenvalue weighted by Crippen LogP contribution is 2.44. The van der Waals surface area contributed by atoms with Crippen LogP contribution < -0.4 is 19.5 Å². The molecule has 0 aromatic heterocycles. The van der Waals surface area contributed by atoms with Crippen LogP contribution in [0.1, 0.15) is 53.4 Å². The number of rotatable bonds is 7. The molecule has 0 spiro atoms. The summed E-state index contributed by atoms with van der Waals surface area (Å²) in [5.41, 5.74) is 1.06. The van der Waals surface area contributed by atoms with Gasteiger partial charge in [-0.15, -0.1) is 11.8 Å². The first-order valence-electron chi connectivity index (χ1n) is 11.8. The molecule has 2 atom stereocenters. The summed E-state index contributed by atoms with van der Waals surface area (Å²) in [5.74, 6) is 0.667. The Morgan fingerprint density at radius 1 is 0.971 bits per heavy atom. The second-order valence-corrected chi connectivity index (χ2v) is 9.84. The summed E-state index contributed by atoms with van der Waals surface area (Å²) in [7, 11) is 4.47. The Hall–Kier alpha value is -2.94. The zero-order valence-corrected chi connectivity index (χ0v) is 21.0. The number of nitrogens with zero attached hydrogens (tertiary/aromatic N) is 1. The highest BCUT2D eigenvalue weighted by molar-refractivity contribution is 7.99. The van der Waals surface area contributed by atoms with Crippen LogP contribution >= 0.6 is 11.8 Å². The van der Waals surface area contributed by atoms with Crippen molar-refractivity contribution >= 4 is 23.6 Å². The Kier molecular flexibility index (Phi) is 8.05. The normalized spacial score (nSPS) is 20.4. The maximum Gasteiger partial charge on any atom is 0.256 e. The monoisotopic (exact) mass is 502 g/mol. The maximum absolute atomic E-state index is 13.9. The molecule has 9 heteroatoms. The van der Waals surface area contributed by atoms with Gasteiger partial charge in [0.2, 0.25) is 11.7 Å². The minimum Gasteiger partial charge on any atom is -0.493 e. The quantitative estimate of drug-likeness (QED) is 0.598. The molecule has 2 aliphatic rings. The molecular weight excluding hydrogens is 471 g/mol. The largest absolute Gasteiger partial charge is 0.493 e. The number of benzene rings is 2. The van der Waals surface area contributed by atoms with E-state index < -0.39 is 11.4 Å². The first-order chi connectivity index (χ1) is 17.0. The van der Waals surface area contributed by atoms with E-state index >= 15 is 0 Å². The summed E-state index contributed by atoms with van der Waals surface area (Å²) >= 11 is 1.49. The fraction of sp³-hybridized carbons (Fsp3) is 0.462. The lowest BCUT2D eigenvalue weighted by molar-refractivity contribution is -0.125. The van der Waals surface area contributed by atoms with Crippen molar-refractivity contribution in [1.82, 2.24) is 10.2 Å². The first-order valence-corrected chi connectivity index (χ1v) is 12.8. The van der Waals surface area contributed by atoms with E-state index in [9.17, 15) is 14.0 Å². The number of hydrogen-bond donors (Lipinski definition) is 1. The van der Waals surface area contributed by atoms with Gasteiger partial charge in [0.05, 0.1) is 21.3 Å². The van der Waals surface area contributed by atoms with Crippen LogP contribution in [0.3, 0.4) is 0 Å². The lowest BCUT2D eigenvalue weighted by Gasteiger charge is -2.31. The predicted molar refractivity (Wildman–Crippen MR) is 133 cm³/mol. The minimum absolute atomic E-state index is 0.129. The smallest absolute Gasteiger partial charge is 0.256 e. The molecule has 2 unspecified atom stereocenters. The highest BCUT2D eigenvalue weighted by atomic mass is 32.2. The number of halogens is 1. The molecule has 4 rings (SSSR count). The van der Waals surface area contributed by atoms with Crippen molar-refractivity contribution in [3.8, 4) is 17.2 Å². The number of carbonyl (C=O) groups excluding carboxylic acids is 2. The molecule has 188 valence electrons. The molecule has 1 saturated carbocycles. The van der Waals surface area contributed by atoms with Crippen LogP contribution in [0.2, 0.25) is 0 Å². The first kappa shape index (κ1) is 25.2. The van der Waals surface area contributed by atoms with Crippen LogP contribution in [0.4, 0.5) is 4.39 Å². The maximum atomic E-state index is 13.9. The van der Waals surface area contributed by atoms with E-state index in [2.05, 4.69) is 5.32 Å². The number of carbonyl (C=O) groups is 2. The third kappa shape index (κ3) is 5.34. The number of nitrogens with one attached hydrogen (secondary N) is 1. The summed E-state index contributed by atoms with van der Waals surface area (Å²) in [6.45, 7) is 0. The molecule has 2 fully saturated rings. The van der Waals surface area contributed by atoms with Gasteiger partial charge < -0.3 is 24.4 Å². The van der Waals surface area contributed by atoms with E-state index in [0.29, 0.717) is 28.6 Å². The molecule has 1 N–H and O–H groups in total. The van der Waals surface area contributed by atoms with Crippen molar-refractivity contribution in [2.24, 2.45) is 0 Å². The summed E-state index contributed by atoms with van der Waals surface area (Å²) in [6, 6.07) is 8.69. The second kappa shape index (κ2) is 11.2. The molecule has 2 aromatic rings. The van der Waals surface area contributed by atoms with Gasteiger partial charge in [-0.25, -0.2) is 4.39 Å². The number of hydrogen-bond acceptors (Lipinski definition) is 6. The average molecular weight is 503 g/mol. The van der Waals surface area contributed by atoms with Crippen LogP contribution in [0, 0.1) is 5.82 Å². The fourth-order valence-electron chi connectivity index (χ4n) is 4.74. The van der Waals surface area contributed by atoms with Crippen LogP contribution in [0.25, 0.3) is 0 Å². The van der Waals surface area contributed by atoms with Gasteiger partial charge in [-0.05, 0) is 42.7 Å². The van der Waals surface area contributed by atoms with Gasteiger partial charge in [-0.3, -0.25) is 9.59 Å². The third-order valence-electron chi connectivity index (χ3n) is 6.56. The fourth-order valence-corrected chi connectivity index (χ4v) is 6.17. The SMILES string of the molecule is COc1cc(C(=O)N2C(C(=O)NC3CCCCC3)CSC2c2ccc(F)cc2)cc(OC)c1OC. The van der Waals surface area contributed by atoms with Crippen LogP contribution in [0.15, 0.2) is 36.4 Å². The van der Waals surface area contributed by atoms with Crippen molar-refractivity contribution in [3.05, 3.63) is 53.3 Å². The molecule has 2 amide bonds. The Balaban J connectivity index is 1.69. The summed E-state index contributed by atoms with van der Waals surface area (Å²) in [4.78, 5) is 28.9. The summed E-state index contributed by atoms with van der Waals surface area (Å²) in [5, 5.41) is 2.73. The van der Waals surface area contributed by atoms with Crippen molar-refractivity contribution in [3.63, 3.8) is 0 Å². The molecule has 1 aliphatic heterocycles. The van der Waals surface area contributed by atoms with Crippen LogP contribution in [-0.2, 0) is 4.79 Å². The Labute approximate surface area is 209 Å². The molecular formula is C26H31FN2O5S. The highest BCUT2D eigenvalue weighted by Gasteiger charge is 2.43. The molecule has 7 nitrogen and oxygen atoms in total. The van der Waals surface area contributed by atoms with Gasteiger partial charge in [0, 0.05) is 17.4 Å². The lowest BCUT2D eigenvalue weighted by atomic mass is 9.95. The standard InChI is InChI=1S/C26H31FN2O5S/c1-32-21-13-17(14-22(33-2)23(21)34-3)25(31)29-20(24(30)28-19-7-5-4-6-8-19)15-35-26(29)16-9-11-18(27)12-10-16/h9-14,19-20,26H,4-8,15H2,1-3H3,(H,28,30). The number of methoxy groups -OCH3 is 3. The van der Waals surface area contributed by atoms with E-state index in [4.69, 9.17) is 14.2 Å². The van der Waals surface area contributed by atoms with Crippen LogP contribution in [0.5, 0.6) is 17.2 Å². The Morgan fingerprint density at radius 3 is 2.17 bits per heavy atom. The molecule has 0 bridgehead atoms. The van der Waals surface area contributed by atoms with Crippen molar-refractivity contribution in [1.29, 1.82) is 0 Å². The topological polar surface area (TPSA) is 77.1 Å². The van der Waals surface area contributed by atoms with Gasteiger partial charge in [-0.1, -0.05) is 31.4 Å². The number of ether oxygens (including phenoxy) is 3. The summed E-state index contributed by atoms with van der Waals surface area (Å²) in [6.07, 6.45) is 5.28. The van der Waals surface area contributed by atoms with E-state index in [1.807, 2.05) is 0 Å². The molecule has 35 heavy (non-hydrogen) atoms. The van der Waals surface area contributed by atoms with E-state index in [0.717, 1.165) is 31.2 Å². The molecule has 2 aromatic carbocycles. The van der Waals surface area contributed by atoms with Gasteiger partial charge in [0.15, 0.2) is 11.5 Å². The van der Waals surface area contributed by atoms with Gasteiger partial charge in [0.1, 0.15) is 17.2 Å². The molecule has 1 aliphatic carbocycles. The zero-order chi connectivity index (χ0) is 24.9. The van der Waals surface area contributed by atoms with E-state index in [1.54, 1.807) is 29.2 Å². The predicted octanol–water partition coefficient (Wildman–Crippen LogP) is 4.56. The Bertz CT molecular complexity index is 1030. The van der Waals surface area contributed by atoms with Gasteiger partial charge in [0.25, 0.3) is 5.91 Å². The average Bonchev–Trinajstić information content (AvgIpc) is 3.33. The van der Waals surface area contributed by atoms with Gasteiger partial charge in [-0.2, -0.15) is 0 Å². The van der Waals surface area contributed by atoms with Crippen LogP contribution in [-0.4, -0.2) is 55.9 Å². The third-order valence-corrected chi connectivity index (χ3v) is 7.88. The molecule has 1 saturated heterocycles. The molecule has 1 heterocycles. The van der Waals surface area contributed by atoms with Gasteiger partial charge >= 0.3 is 0 Å². The Morgan fingerprint density at radius 2 is 1.60 bits per heavy atom. The van der Waals surface area contributed by atoms with E-state index in [1.165, 1.54) is 51.6 Å². The minimum atomic E-state index is -0.663. The molecule has 0 radical (unpaired) electrons. The van der Waals surface area contributed by atoms with Crippen molar-refractivity contribution < 1.29 is 28.2 Å². The summed E-state index contributed by atoms with van der Waals surface area (Å²) < 4.78 is 29.9. The second-order valence-electron chi connectivity index (χ2n) is 8.72. The van der Waals surface area contributed by atoms with Crippen molar-refractivity contribution in [2.45, 2.75) is 49.6 Å². The van der Waals surface area contributed by atoms with E-state index in [-0.39, 0.29) is 23.7 Å². The van der Waals surface area contributed by atoms with Crippen molar-refractivity contribution in [2.75, 3.05) is 27.1 Å².